The summed E-state index contributed by atoms with van der Waals surface area (Å²) in [5.41, 5.74) is 3.46. The van der Waals surface area contributed by atoms with Gasteiger partial charge in [-0.1, -0.05) is 29.8 Å². The van der Waals surface area contributed by atoms with Gasteiger partial charge in [0.25, 0.3) is 10.0 Å². The Balaban J connectivity index is 0.00000274. The topological polar surface area (TPSA) is 136 Å². The van der Waals surface area contributed by atoms with Crippen LogP contribution in [0.3, 0.4) is 0 Å². The van der Waals surface area contributed by atoms with E-state index in [4.69, 9.17) is 11.6 Å². The van der Waals surface area contributed by atoms with E-state index in [-0.39, 0.29) is 21.9 Å². The van der Waals surface area contributed by atoms with Gasteiger partial charge in [0.1, 0.15) is 5.65 Å². The molecule has 5 aromatic rings. The van der Waals surface area contributed by atoms with Gasteiger partial charge >= 0.3 is 0 Å². The second-order valence-electron chi connectivity index (χ2n) is 7.17. The molecule has 4 heterocycles. The van der Waals surface area contributed by atoms with E-state index in [1.807, 2.05) is 6.07 Å². The number of aromatic nitrogens is 4. The summed E-state index contributed by atoms with van der Waals surface area (Å²) < 4.78 is 41.6. The van der Waals surface area contributed by atoms with Crippen LogP contribution in [0.25, 0.3) is 33.3 Å². The number of sulfonamides is 1. The molecule has 0 spiro atoms. The van der Waals surface area contributed by atoms with Gasteiger partial charge in [-0.25, -0.2) is 23.4 Å². The Bertz CT molecular complexity index is 1590. The Labute approximate surface area is 199 Å². The molecule has 0 aliphatic rings. The lowest BCUT2D eigenvalue weighted by Gasteiger charge is -2.11. The van der Waals surface area contributed by atoms with Crippen molar-refractivity contribution in [3.8, 4) is 22.3 Å². The van der Waals surface area contributed by atoms with Crippen LogP contribution in [0.1, 0.15) is 0 Å². The van der Waals surface area contributed by atoms with Crippen molar-refractivity contribution in [2.75, 3.05) is 4.72 Å². The maximum Gasteiger partial charge on any atom is 0.261 e. The van der Waals surface area contributed by atoms with Gasteiger partial charge in [-0.15, -0.1) is 0 Å². The van der Waals surface area contributed by atoms with Gasteiger partial charge in [-0.3, -0.25) is 4.72 Å². The molecule has 0 amide bonds. The van der Waals surface area contributed by atoms with Crippen LogP contribution in [-0.2, 0) is 10.0 Å². The lowest BCUT2D eigenvalue weighted by atomic mass is 10.0. The van der Waals surface area contributed by atoms with Crippen molar-refractivity contribution < 1.29 is 12.8 Å². The van der Waals surface area contributed by atoms with Crippen LogP contribution >= 0.6 is 11.6 Å². The van der Waals surface area contributed by atoms with E-state index in [9.17, 15) is 12.8 Å². The molecule has 4 aromatic heterocycles. The largest absolute Gasteiger partial charge is 0.346 e. The molecule has 11 heteroatoms. The summed E-state index contributed by atoms with van der Waals surface area (Å²) in [6, 6.07) is 14.5. The molecule has 0 unspecified atom stereocenters. The summed E-state index contributed by atoms with van der Waals surface area (Å²) >= 11 is 6.17. The fourth-order valence-electron chi connectivity index (χ4n) is 3.45. The lowest BCUT2D eigenvalue weighted by Crippen LogP contribution is -2.13. The lowest BCUT2D eigenvalue weighted by molar-refractivity contribution is 0.584. The molecule has 0 bridgehead atoms. The highest BCUT2D eigenvalue weighted by atomic mass is 35.5. The zero-order valence-corrected chi connectivity index (χ0v) is 19.1. The zero-order valence-electron chi connectivity index (χ0n) is 17.5. The highest BCUT2D eigenvalue weighted by Crippen LogP contribution is 2.33. The van der Waals surface area contributed by atoms with Crippen LogP contribution in [0, 0.1) is 5.95 Å². The summed E-state index contributed by atoms with van der Waals surface area (Å²) in [5.74, 6) is -0.580. The summed E-state index contributed by atoms with van der Waals surface area (Å²) in [6.45, 7) is 0. The number of fused-ring (bicyclic) bond motifs is 1. The Morgan fingerprint density at radius 2 is 1.65 bits per heavy atom. The number of H-pyrrole nitrogens is 1. The van der Waals surface area contributed by atoms with Gasteiger partial charge in [0.05, 0.1) is 10.6 Å². The molecule has 0 aliphatic carbocycles. The van der Waals surface area contributed by atoms with Crippen molar-refractivity contribution in [2.45, 2.75) is 4.90 Å². The predicted molar refractivity (Wildman–Crippen MR) is 130 cm³/mol. The number of anilines is 1. The molecule has 0 saturated heterocycles. The maximum absolute atomic E-state index is 13.6. The van der Waals surface area contributed by atoms with Crippen molar-refractivity contribution >= 4 is 38.3 Å². The van der Waals surface area contributed by atoms with Crippen LogP contribution in [0.2, 0.25) is 5.15 Å². The molecule has 172 valence electrons. The molecule has 0 atom stereocenters. The molecule has 1 aromatic carbocycles. The second-order valence-corrected chi connectivity index (χ2v) is 9.21. The minimum Gasteiger partial charge on any atom is -0.346 e. The number of nitrogens with one attached hydrogen (secondary N) is 2. The monoisotopic (exact) mass is 496 g/mol. The number of hydrogen-bond donors (Lipinski definition) is 3. The normalized spacial score (nSPS) is 11.2. The van der Waals surface area contributed by atoms with Gasteiger partial charge in [0, 0.05) is 52.9 Å². The fraction of sp³-hybridized carbons (Fsp3) is 0. The molecule has 0 radical (unpaired) electrons. The van der Waals surface area contributed by atoms with Gasteiger partial charge in [-0.2, -0.15) is 4.39 Å². The minimum atomic E-state index is -3.84. The number of pyridine rings is 3. The van der Waals surface area contributed by atoms with Crippen molar-refractivity contribution in [1.82, 2.24) is 26.1 Å². The molecular formula is C23H18ClFN6O2S. The standard InChI is InChI=1S/C23H15ClFN5O2S.H3N/c24-22-20(30-33(31,32)17-4-2-1-3-5-17)9-16(11-27-22)15-8-18-19(13-29-23(18)28-12-15)14-6-7-26-21(25)10-14;/h1-13,30H,(H,28,29);1H3. The first-order chi connectivity index (χ1) is 15.9. The minimum absolute atomic E-state index is 0. The van der Waals surface area contributed by atoms with E-state index >= 15 is 0 Å². The Morgan fingerprint density at radius 3 is 2.41 bits per heavy atom. The van der Waals surface area contributed by atoms with E-state index in [0.29, 0.717) is 22.3 Å². The van der Waals surface area contributed by atoms with Crippen LogP contribution in [0.5, 0.6) is 0 Å². The highest BCUT2D eigenvalue weighted by Gasteiger charge is 2.17. The number of benzene rings is 1. The third kappa shape index (κ3) is 4.46. The summed E-state index contributed by atoms with van der Waals surface area (Å²) in [5, 5.41) is 0.779. The molecular weight excluding hydrogens is 479 g/mol. The first-order valence-electron chi connectivity index (χ1n) is 9.73. The second kappa shape index (κ2) is 9.18. The van der Waals surface area contributed by atoms with Gasteiger partial charge < -0.3 is 11.1 Å². The Hall–Kier alpha value is -3.86. The highest BCUT2D eigenvalue weighted by molar-refractivity contribution is 7.92. The molecule has 5 rings (SSSR count). The van der Waals surface area contributed by atoms with Crippen LogP contribution in [0.15, 0.2) is 84.3 Å². The first-order valence-corrected chi connectivity index (χ1v) is 11.6. The maximum atomic E-state index is 13.6. The first kappa shape index (κ1) is 23.3. The predicted octanol–water partition coefficient (Wildman–Crippen LogP) is 5.44. The van der Waals surface area contributed by atoms with Gasteiger partial charge in [-0.05, 0) is 35.9 Å². The van der Waals surface area contributed by atoms with Crippen LogP contribution in [-0.4, -0.2) is 28.4 Å². The zero-order chi connectivity index (χ0) is 23.0. The molecule has 8 nitrogen and oxygen atoms in total. The Morgan fingerprint density at radius 1 is 0.912 bits per heavy atom. The quantitative estimate of drug-likeness (QED) is 0.277. The molecule has 0 fully saturated rings. The molecule has 34 heavy (non-hydrogen) atoms. The van der Waals surface area contributed by atoms with Crippen LogP contribution in [0.4, 0.5) is 10.1 Å². The summed E-state index contributed by atoms with van der Waals surface area (Å²) in [6.07, 6.45) is 6.31. The average molecular weight is 497 g/mol. The SMILES string of the molecule is N.O=S(=O)(Nc1cc(-c2cnc3[nH]cc(-c4ccnc(F)c4)c3c2)cnc1Cl)c1ccccc1. The van der Waals surface area contributed by atoms with Crippen molar-refractivity contribution in [3.05, 3.63) is 90.5 Å². The average Bonchev–Trinajstić information content (AvgIpc) is 3.24. The van der Waals surface area contributed by atoms with Crippen molar-refractivity contribution in [3.63, 3.8) is 0 Å². The number of halogens is 2. The van der Waals surface area contributed by atoms with Crippen molar-refractivity contribution in [1.29, 1.82) is 0 Å². The van der Waals surface area contributed by atoms with Gasteiger partial charge in [0.15, 0.2) is 5.15 Å². The van der Waals surface area contributed by atoms with E-state index in [1.54, 1.807) is 42.7 Å². The van der Waals surface area contributed by atoms with E-state index < -0.39 is 16.0 Å². The summed E-state index contributed by atoms with van der Waals surface area (Å²) in [7, 11) is -3.84. The van der Waals surface area contributed by atoms with E-state index in [2.05, 4.69) is 24.7 Å². The number of nitrogens with zero attached hydrogens (tertiary/aromatic N) is 3. The smallest absolute Gasteiger partial charge is 0.261 e. The third-order valence-electron chi connectivity index (χ3n) is 5.04. The van der Waals surface area contributed by atoms with Crippen molar-refractivity contribution in [2.24, 2.45) is 0 Å². The van der Waals surface area contributed by atoms with E-state index in [0.717, 1.165) is 10.9 Å². The Kier molecular flexibility index (Phi) is 6.29. The third-order valence-corrected chi connectivity index (χ3v) is 6.72. The molecule has 5 N–H and O–H groups in total. The number of hydrogen-bond acceptors (Lipinski definition) is 6. The van der Waals surface area contributed by atoms with Gasteiger partial charge in [0.2, 0.25) is 5.95 Å². The van der Waals surface area contributed by atoms with E-state index in [1.165, 1.54) is 30.6 Å². The molecule has 0 aliphatic heterocycles. The molecule has 0 saturated carbocycles. The number of aromatic amines is 1. The fourth-order valence-corrected chi connectivity index (χ4v) is 4.74. The van der Waals surface area contributed by atoms with Crippen LogP contribution < -0.4 is 10.9 Å². The number of rotatable bonds is 5. The summed E-state index contributed by atoms with van der Waals surface area (Å²) in [4.78, 5) is 15.3.